The molecule has 5 nitrogen and oxygen atoms in total. The molecule has 3 aliphatic rings. The number of nitrogens with zero attached hydrogens (tertiary/aromatic N) is 1. The van der Waals surface area contributed by atoms with Crippen molar-refractivity contribution in [1.29, 1.82) is 0 Å². The molecule has 1 unspecified atom stereocenters. The van der Waals surface area contributed by atoms with Crippen molar-refractivity contribution in [2.24, 2.45) is 5.41 Å². The highest BCUT2D eigenvalue weighted by atomic mass is 16.7. The van der Waals surface area contributed by atoms with Crippen molar-refractivity contribution in [1.82, 2.24) is 4.90 Å². The van der Waals surface area contributed by atoms with Gasteiger partial charge in [-0.25, -0.2) is 4.79 Å². The maximum atomic E-state index is 12.2. The zero-order valence-electron chi connectivity index (χ0n) is 16.3. The SMILES string of the molecule is CC(C)(C)OC(=O)N1CCC2(CC1)CC2B1OC(C)(C)C(C)(C)O1. The van der Waals surface area contributed by atoms with E-state index in [0.717, 1.165) is 32.4 Å². The van der Waals surface area contributed by atoms with Crippen LogP contribution in [0.4, 0.5) is 4.79 Å². The normalized spacial score (nSPS) is 30.5. The van der Waals surface area contributed by atoms with Gasteiger partial charge in [-0.3, -0.25) is 0 Å². The third-order valence-electron chi connectivity index (χ3n) is 6.26. The molecule has 1 aliphatic carbocycles. The summed E-state index contributed by atoms with van der Waals surface area (Å²) in [7, 11) is -0.108. The van der Waals surface area contributed by atoms with E-state index in [0.29, 0.717) is 11.2 Å². The van der Waals surface area contributed by atoms with Gasteiger partial charge in [0.1, 0.15) is 5.60 Å². The second-order valence-corrected chi connectivity index (χ2v) is 9.77. The third kappa shape index (κ3) is 3.19. The van der Waals surface area contributed by atoms with E-state index in [4.69, 9.17) is 14.0 Å². The van der Waals surface area contributed by atoms with Crippen molar-refractivity contribution in [3.05, 3.63) is 0 Å². The van der Waals surface area contributed by atoms with Crippen molar-refractivity contribution in [2.75, 3.05) is 13.1 Å². The first-order valence-corrected chi connectivity index (χ1v) is 9.19. The van der Waals surface area contributed by atoms with Crippen LogP contribution in [0.1, 0.15) is 67.7 Å². The Labute approximate surface area is 146 Å². The maximum Gasteiger partial charge on any atom is 0.461 e. The quantitative estimate of drug-likeness (QED) is 0.682. The number of rotatable bonds is 1. The molecule has 0 N–H and O–H groups in total. The van der Waals surface area contributed by atoms with Crippen LogP contribution in [0, 0.1) is 5.41 Å². The molecule has 1 amide bonds. The average Bonchev–Trinajstić information content (AvgIpc) is 3.03. The standard InChI is InChI=1S/C18H32BNO4/c1-15(2,3)22-14(21)20-10-8-18(9-11-20)12-13(18)19-23-16(4,5)17(6,7)24-19/h13H,8-12H2,1-7H3. The van der Waals surface area contributed by atoms with Gasteiger partial charge in [-0.05, 0) is 73.1 Å². The average molecular weight is 337 g/mol. The first-order valence-electron chi connectivity index (χ1n) is 9.19. The minimum atomic E-state index is -0.434. The fourth-order valence-electron chi connectivity index (χ4n) is 3.85. The van der Waals surface area contributed by atoms with Crippen LogP contribution in [0.5, 0.6) is 0 Å². The zero-order chi connectivity index (χ0) is 18.0. The van der Waals surface area contributed by atoms with Crippen molar-refractivity contribution in [2.45, 2.75) is 90.3 Å². The first kappa shape index (κ1) is 18.1. The second kappa shape index (κ2) is 5.37. The predicted molar refractivity (Wildman–Crippen MR) is 93.9 cm³/mol. The lowest BCUT2D eigenvalue weighted by molar-refractivity contribution is 0.00578. The Morgan fingerprint density at radius 3 is 2.04 bits per heavy atom. The van der Waals surface area contributed by atoms with E-state index in [-0.39, 0.29) is 24.4 Å². The second-order valence-electron chi connectivity index (χ2n) is 9.77. The summed E-state index contributed by atoms with van der Waals surface area (Å²) in [5.41, 5.74) is -0.673. The van der Waals surface area contributed by atoms with Crippen LogP contribution in [0.3, 0.4) is 0 Å². The zero-order valence-corrected chi connectivity index (χ0v) is 16.3. The molecule has 6 heteroatoms. The molecule has 2 aliphatic heterocycles. The summed E-state index contributed by atoms with van der Waals surface area (Å²) >= 11 is 0. The molecule has 3 rings (SSSR count). The van der Waals surface area contributed by atoms with Gasteiger partial charge in [0.05, 0.1) is 11.2 Å². The van der Waals surface area contributed by atoms with E-state index in [1.165, 1.54) is 0 Å². The number of hydrogen-bond acceptors (Lipinski definition) is 4. The highest BCUT2D eigenvalue weighted by Crippen LogP contribution is 2.67. The van der Waals surface area contributed by atoms with Crippen LogP contribution in [0.25, 0.3) is 0 Å². The molecule has 0 radical (unpaired) electrons. The molecular weight excluding hydrogens is 305 g/mol. The van der Waals surface area contributed by atoms with E-state index in [9.17, 15) is 4.79 Å². The third-order valence-corrected chi connectivity index (χ3v) is 6.26. The number of likely N-dealkylation sites (tertiary alicyclic amines) is 1. The maximum absolute atomic E-state index is 12.2. The first-order chi connectivity index (χ1) is 10.9. The van der Waals surface area contributed by atoms with Crippen LogP contribution in [0.15, 0.2) is 0 Å². The van der Waals surface area contributed by atoms with Gasteiger partial charge in [0.25, 0.3) is 0 Å². The Kier molecular flexibility index (Phi) is 4.04. The lowest BCUT2D eigenvalue weighted by Crippen LogP contribution is -2.42. The lowest BCUT2D eigenvalue weighted by Gasteiger charge is -2.34. The monoisotopic (exact) mass is 337 g/mol. The molecular formula is C18H32BNO4. The largest absolute Gasteiger partial charge is 0.461 e. The number of carbonyl (C=O) groups is 1. The van der Waals surface area contributed by atoms with E-state index in [1.54, 1.807) is 0 Å². The molecule has 1 atom stereocenters. The number of amides is 1. The smallest absolute Gasteiger partial charge is 0.444 e. The molecule has 0 aromatic heterocycles. The fraction of sp³-hybridized carbons (Fsp3) is 0.944. The Balaban J connectivity index is 1.54. The van der Waals surface area contributed by atoms with Gasteiger partial charge in [0.2, 0.25) is 0 Å². The van der Waals surface area contributed by atoms with Crippen molar-refractivity contribution >= 4 is 13.2 Å². The van der Waals surface area contributed by atoms with E-state index < -0.39 is 5.60 Å². The number of ether oxygens (including phenoxy) is 1. The van der Waals surface area contributed by atoms with Crippen LogP contribution in [0.2, 0.25) is 5.82 Å². The molecule has 3 fully saturated rings. The van der Waals surface area contributed by atoms with Gasteiger partial charge in [0, 0.05) is 18.9 Å². The fourth-order valence-corrected chi connectivity index (χ4v) is 3.85. The summed E-state index contributed by atoms with van der Waals surface area (Å²) in [4.78, 5) is 14.1. The molecule has 24 heavy (non-hydrogen) atoms. The van der Waals surface area contributed by atoms with Gasteiger partial charge in [-0.15, -0.1) is 0 Å². The summed E-state index contributed by atoms with van der Waals surface area (Å²) < 4.78 is 17.9. The topological polar surface area (TPSA) is 48.0 Å². The van der Waals surface area contributed by atoms with Crippen LogP contribution in [-0.4, -0.2) is 48.0 Å². The van der Waals surface area contributed by atoms with Crippen LogP contribution in [-0.2, 0) is 14.0 Å². The predicted octanol–water partition coefficient (Wildman–Crippen LogP) is 3.87. The molecule has 2 heterocycles. The van der Waals surface area contributed by atoms with Gasteiger partial charge < -0.3 is 18.9 Å². The molecule has 136 valence electrons. The van der Waals surface area contributed by atoms with E-state index >= 15 is 0 Å². The summed E-state index contributed by atoms with van der Waals surface area (Å²) in [5.74, 6) is 0.458. The number of hydrogen-bond donors (Lipinski definition) is 0. The summed E-state index contributed by atoms with van der Waals surface area (Å²) in [6, 6.07) is 0. The number of carbonyl (C=O) groups excluding carboxylic acids is 1. The van der Waals surface area contributed by atoms with E-state index in [1.807, 2.05) is 25.7 Å². The van der Waals surface area contributed by atoms with Crippen molar-refractivity contribution < 1.29 is 18.8 Å². The van der Waals surface area contributed by atoms with Crippen LogP contribution >= 0.6 is 0 Å². The van der Waals surface area contributed by atoms with Crippen LogP contribution < -0.4 is 0 Å². The van der Waals surface area contributed by atoms with Crippen molar-refractivity contribution in [3.63, 3.8) is 0 Å². The van der Waals surface area contributed by atoms with Gasteiger partial charge in [0.15, 0.2) is 0 Å². The Morgan fingerprint density at radius 2 is 1.58 bits per heavy atom. The minimum absolute atomic E-state index is 0.108. The van der Waals surface area contributed by atoms with Crippen molar-refractivity contribution in [3.8, 4) is 0 Å². The Hall–Kier alpha value is -0.745. The minimum Gasteiger partial charge on any atom is -0.444 e. The molecule has 1 spiro atoms. The molecule has 1 saturated carbocycles. The summed E-state index contributed by atoms with van der Waals surface area (Å²) in [6.07, 6.45) is 2.98. The van der Waals surface area contributed by atoms with Gasteiger partial charge >= 0.3 is 13.2 Å². The molecule has 0 aromatic carbocycles. The Bertz CT molecular complexity index is 502. The molecule has 0 bridgehead atoms. The van der Waals surface area contributed by atoms with Gasteiger partial charge in [-0.1, -0.05) is 0 Å². The highest BCUT2D eigenvalue weighted by Gasteiger charge is 2.66. The van der Waals surface area contributed by atoms with E-state index in [2.05, 4.69) is 27.7 Å². The summed E-state index contributed by atoms with van der Waals surface area (Å²) in [5, 5.41) is 0. The Morgan fingerprint density at radius 1 is 1.08 bits per heavy atom. The summed E-state index contributed by atoms with van der Waals surface area (Å²) in [6.45, 7) is 15.7. The van der Waals surface area contributed by atoms with Gasteiger partial charge in [-0.2, -0.15) is 0 Å². The highest BCUT2D eigenvalue weighted by molar-refractivity contribution is 6.49. The number of piperidine rings is 1. The molecule has 2 saturated heterocycles. The lowest BCUT2D eigenvalue weighted by atomic mass is 9.74. The molecule has 0 aromatic rings.